The van der Waals surface area contributed by atoms with Crippen molar-refractivity contribution in [2.24, 2.45) is 0 Å². The van der Waals surface area contributed by atoms with Gasteiger partial charge < -0.3 is 0 Å². The average molecular weight is 284 g/mol. The van der Waals surface area contributed by atoms with E-state index in [0.29, 0.717) is 11.0 Å². The number of thiophene rings is 1. The Labute approximate surface area is 115 Å². The molecule has 1 unspecified atom stereocenters. The molecule has 2 heterocycles. The molecule has 18 heavy (non-hydrogen) atoms. The summed E-state index contributed by atoms with van der Waals surface area (Å²) in [5.74, 6) is 0.549. The maximum atomic E-state index is 5.77. The lowest BCUT2D eigenvalue weighted by Crippen LogP contribution is -2.08. The van der Waals surface area contributed by atoms with Crippen molar-refractivity contribution in [1.29, 1.82) is 0 Å². The van der Waals surface area contributed by atoms with E-state index in [0.717, 1.165) is 0 Å². The molecule has 2 rings (SSSR count). The molecular formula is C12H14ClN3OS. The first-order chi connectivity index (χ1) is 8.58. The van der Waals surface area contributed by atoms with Gasteiger partial charge in [-0.2, -0.15) is 0 Å². The molecule has 0 aliphatic heterocycles. The summed E-state index contributed by atoms with van der Waals surface area (Å²) in [6.07, 6.45) is 1.34. The lowest BCUT2D eigenvalue weighted by Gasteiger charge is -2.14. The van der Waals surface area contributed by atoms with E-state index in [1.165, 1.54) is 22.3 Å². The lowest BCUT2D eigenvalue weighted by atomic mass is 10.1. The fourth-order valence-electron chi connectivity index (χ4n) is 1.79. The number of rotatable bonds is 4. The molecule has 0 saturated carbocycles. The van der Waals surface area contributed by atoms with Gasteiger partial charge in [0.15, 0.2) is 5.82 Å². The van der Waals surface area contributed by atoms with Crippen molar-refractivity contribution in [3.8, 4) is 0 Å². The smallest absolute Gasteiger partial charge is 0.154 e. The second-order valence-electron chi connectivity index (χ2n) is 3.98. The van der Waals surface area contributed by atoms with E-state index >= 15 is 0 Å². The van der Waals surface area contributed by atoms with Crippen LogP contribution in [0.2, 0.25) is 5.15 Å². The fraction of sp³-hybridized carbons (Fsp3) is 0.333. The van der Waals surface area contributed by atoms with E-state index in [1.807, 2.05) is 6.92 Å². The highest BCUT2D eigenvalue weighted by Gasteiger charge is 2.14. The monoisotopic (exact) mass is 283 g/mol. The molecule has 6 heteroatoms. The summed E-state index contributed by atoms with van der Waals surface area (Å²) >= 11 is 7.49. The summed E-state index contributed by atoms with van der Waals surface area (Å²) < 4.78 is 0. The molecule has 0 aromatic carbocycles. The molecule has 0 spiro atoms. The number of aromatic nitrogens is 2. The molecule has 2 aromatic rings. The normalized spacial score (nSPS) is 12.4. The van der Waals surface area contributed by atoms with Crippen LogP contribution in [0.15, 0.2) is 17.8 Å². The molecule has 1 N–H and O–H groups in total. The molecule has 0 fully saturated rings. The zero-order valence-electron chi connectivity index (χ0n) is 10.4. The van der Waals surface area contributed by atoms with Crippen molar-refractivity contribution in [2.45, 2.75) is 26.9 Å². The van der Waals surface area contributed by atoms with Crippen molar-refractivity contribution in [2.75, 3.05) is 5.48 Å². The van der Waals surface area contributed by atoms with Crippen LogP contribution >= 0.6 is 22.9 Å². The Morgan fingerprint density at radius 2 is 2.17 bits per heavy atom. The van der Waals surface area contributed by atoms with Gasteiger partial charge in [0, 0.05) is 10.9 Å². The average Bonchev–Trinajstić information content (AvgIpc) is 2.66. The third kappa shape index (κ3) is 2.98. The predicted molar refractivity (Wildman–Crippen MR) is 74.0 cm³/mol. The maximum Gasteiger partial charge on any atom is 0.154 e. The van der Waals surface area contributed by atoms with Crippen LogP contribution in [0, 0.1) is 13.8 Å². The van der Waals surface area contributed by atoms with Crippen LogP contribution in [0.3, 0.4) is 0 Å². The van der Waals surface area contributed by atoms with Gasteiger partial charge in [-0.25, -0.2) is 15.4 Å². The summed E-state index contributed by atoms with van der Waals surface area (Å²) in [6.45, 7) is 6.17. The Bertz CT molecular complexity index is 524. The van der Waals surface area contributed by atoms with E-state index in [9.17, 15) is 0 Å². The Morgan fingerprint density at radius 3 is 2.78 bits per heavy atom. The Hall–Kier alpha value is -1.17. The number of halogens is 1. The summed E-state index contributed by atoms with van der Waals surface area (Å²) in [6, 6.07) is 1.61. The van der Waals surface area contributed by atoms with Crippen LogP contribution in [-0.4, -0.2) is 9.97 Å². The summed E-state index contributed by atoms with van der Waals surface area (Å²) in [4.78, 5) is 14.7. The van der Waals surface area contributed by atoms with Crippen molar-refractivity contribution in [3.63, 3.8) is 0 Å². The highest BCUT2D eigenvalue weighted by molar-refractivity contribution is 7.10. The first-order valence-corrected chi connectivity index (χ1v) is 6.77. The van der Waals surface area contributed by atoms with Crippen molar-refractivity contribution in [1.82, 2.24) is 9.97 Å². The van der Waals surface area contributed by atoms with E-state index in [-0.39, 0.29) is 6.10 Å². The van der Waals surface area contributed by atoms with Gasteiger partial charge in [0.05, 0.1) is 0 Å². The van der Waals surface area contributed by atoms with Gasteiger partial charge in [-0.05, 0) is 37.3 Å². The minimum atomic E-state index is -0.0509. The molecule has 0 aliphatic rings. The first kappa shape index (κ1) is 13.3. The SMILES string of the molecule is Cc1csc(C)c1C(C)ONc1cc(Cl)ncn1. The van der Waals surface area contributed by atoms with E-state index in [1.54, 1.807) is 17.4 Å². The number of nitrogens with zero attached hydrogens (tertiary/aromatic N) is 2. The fourth-order valence-corrected chi connectivity index (χ4v) is 2.87. The Kier molecular flexibility index (Phi) is 4.16. The molecule has 2 aromatic heterocycles. The van der Waals surface area contributed by atoms with Gasteiger partial charge in [-0.15, -0.1) is 11.3 Å². The molecule has 0 radical (unpaired) electrons. The first-order valence-electron chi connectivity index (χ1n) is 5.51. The number of aryl methyl sites for hydroxylation is 2. The third-order valence-electron chi connectivity index (χ3n) is 2.60. The molecule has 0 saturated heterocycles. The van der Waals surface area contributed by atoms with Gasteiger partial charge >= 0.3 is 0 Å². The zero-order chi connectivity index (χ0) is 13.1. The summed E-state index contributed by atoms with van der Waals surface area (Å²) in [5, 5.41) is 2.51. The minimum absolute atomic E-state index is 0.0509. The van der Waals surface area contributed by atoms with Gasteiger partial charge in [0.25, 0.3) is 0 Å². The van der Waals surface area contributed by atoms with Gasteiger partial charge in [-0.1, -0.05) is 11.6 Å². The Morgan fingerprint density at radius 1 is 1.39 bits per heavy atom. The molecule has 1 atom stereocenters. The van der Waals surface area contributed by atoms with E-state index < -0.39 is 0 Å². The molecular weight excluding hydrogens is 270 g/mol. The van der Waals surface area contributed by atoms with Crippen LogP contribution in [0.4, 0.5) is 5.82 Å². The Balaban J connectivity index is 2.03. The van der Waals surface area contributed by atoms with Crippen LogP contribution in [0.5, 0.6) is 0 Å². The molecule has 0 aliphatic carbocycles. The number of hydrogen-bond donors (Lipinski definition) is 1. The van der Waals surface area contributed by atoms with E-state index in [2.05, 4.69) is 34.7 Å². The zero-order valence-corrected chi connectivity index (χ0v) is 12.0. The van der Waals surface area contributed by atoms with Crippen LogP contribution in [-0.2, 0) is 4.84 Å². The van der Waals surface area contributed by atoms with Gasteiger partial charge in [0.2, 0.25) is 0 Å². The molecule has 0 bridgehead atoms. The highest BCUT2D eigenvalue weighted by atomic mass is 35.5. The van der Waals surface area contributed by atoms with Crippen LogP contribution in [0.25, 0.3) is 0 Å². The molecule has 4 nitrogen and oxygen atoms in total. The maximum absolute atomic E-state index is 5.77. The second-order valence-corrected chi connectivity index (χ2v) is 5.45. The highest BCUT2D eigenvalue weighted by Crippen LogP contribution is 2.29. The third-order valence-corrected chi connectivity index (χ3v) is 3.85. The van der Waals surface area contributed by atoms with Gasteiger partial charge in [0.1, 0.15) is 17.6 Å². The molecule has 96 valence electrons. The lowest BCUT2D eigenvalue weighted by molar-refractivity contribution is 0.114. The standard InChI is InChI=1S/C12H14ClN3OS/c1-7-5-18-9(3)12(7)8(2)17-16-11-4-10(13)14-6-15-11/h4-6,8H,1-3H3,(H,14,15,16). The van der Waals surface area contributed by atoms with Crippen molar-refractivity contribution >= 4 is 28.8 Å². The van der Waals surface area contributed by atoms with Crippen molar-refractivity contribution in [3.05, 3.63) is 38.9 Å². The largest absolute Gasteiger partial charge is 0.267 e. The minimum Gasteiger partial charge on any atom is -0.267 e. The topological polar surface area (TPSA) is 47.0 Å². The number of nitrogens with one attached hydrogen (secondary N) is 1. The number of hydrogen-bond acceptors (Lipinski definition) is 5. The summed E-state index contributed by atoms with van der Waals surface area (Å²) in [7, 11) is 0. The van der Waals surface area contributed by atoms with Crippen LogP contribution in [0.1, 0.15) is 29.0 Å². The second kappa shape index (κ2) is 5.65. The predicted octanol–water partition coefficient (Wildman–Crippen LogP) is 3.91. The van der Waals surface area contributed by atoms with Crippen molar-refractivity contribution < 1.29 is 4.84 Å². The molecule has 0 amide bonds. The van der Waals surface area contributed by atoms with Crippen LogP contribution < -0.4 is 5.48 Å². The van der Waals surface area contributed by atoms with E-state index in [4.69, 9.17) is 16.4 Å². The number of anilines is 1. The van der Waals surface area contributed by atoms with Gasteiger partial charge in [-0.3, -0.25) is 4.84 Å². The quantitative estimate of drug-likeness (QED) is 0.682. The summed E-state index contributed by atoms with van der Waals surface area (Å²) in [5.41, 5.74) is 5.26.